The minimum Gasteiger partial charge on any atom is -0.482 e. The Morgan fingerprint density at radius 3 is 2.62 bits per heavy atom. The van der Waals surface area contributed by atoms with Crippen molar-refractivity contribution in [2.24, 2.45) is 0 Å². The molecular weight excluding hydrogens is 332 g/mol. The van der Waals surface area contributed by atoms with Gasteiger partial charge in [-0.3, -0.25) is 0 Å². The first kappa shape index (κ1) is 15.6. The number of aryl methyl sites for hydroxylation is 2. The van der Waals surface area contributed by atoms with E-state index in [0.717, 1.165) is 27.8 Å². The van der Waals surface area contributed by atoms with Gasteiger partial charge in [-0.1, -0.05) is 31.2 Å². The van der Waals surface area contributed by atoms with E-state index in [0.29, 0.717) is 5.75 Å². The molecule has 0 unspecified atom stereocenters. The Morgan fingerprint density at radius 1 is 1.14 bits per heavy atom. The van der Waals surface area contributed by atoms with Crippen molar-refractivity contribution in [3.05, 3.63) is 58.1 Å². The zero-order valence-electron chi connectivity index (χ0n) is 12.1. The summed E-state index contributed by atoms with van der Waals surface area (Å²) >= 11 is 3.38. The van der Waals surface area contributed by atoms with Crippen molar-refractivity contribution in [2.45, 2.75) is 20.3 Å². The summed E-state index contributed by atoms with van der Waals surface area (Å²) < 4.78 is 11.6. The molecule has 0 radical (unpaired) electrons. The summed E-state index contributed by atoms with van der Waals surface area (Å²) in [4.78, 5) is 11.9. The van der Waals surface area contributed by atoms with Gasteiger partial charge in [0.1, 0.15) is 11.5 Å². The molecule has 0 aliphatic heterocycles. The van der Waals surface area contributed by atoms with E-state index in [2.05, 4.69) is 15.9 Å². The zero-order chi connectivity index (χ0) is 15.2. The lowest BCUT2D eigenvalue weighted by molar-refractivity contribution is -0.136. The number of benzene rings is 2. The molecule has 0 atom stereocenters. The Bertz CT molecular complexity index is 638. The molecule has 3 nitrogen and oxygen atoms in total. The fraction of sp³-hybridized carbons (Fsp3) is 0.235. The summed E-state index contributed by atoms with van der Waals surface area (Å²) in [5, 5.41) is 0. The second-order valence-electron chi connectivity index (χ2n) is 4.66. The molecular formula is C17H17BrO3. The quantitative estimate of drug-likeness (QED) is 0.596. The van der Waals surface area contributed by atoms with Gasteiger partial charge in [-0.15, -0.1) is 0 Å². The maximum atomic E-state index is 11.9. The number of carbonyl (C=O) groups is 1. The third kappa shape index (κ3) is 4.33. The molecule has 4 heteroatoms. The molecule has 0 heterocycles. The maximum Gasteiger partial charge on any atom is 0.349 e. The molecule has 110 valence electrons. The molecule has 0 saturated carbocycles. The third-order valence-corrected chi connectivity index (χ3v) is 3.63. The van der Waals surface area contributed by atoms with Crippen molar-refractivity contribution in [1.82, 2.24) is 0 Å². The minimum absolute atomic E-state index is 0.114. The molecule has 0 saturated heterocycles. The predicted octanol–water partition coefficient (Wildman–Crippen LogP) is 4.30. The number of halogens is 1. The van der Waals surface area contributed by atoms with Crippen LogP contribution >= 0.6 is 15.9 Å². The van der Waals surface area contributed by atoms with Crippen LogP contribution in [0, 0.1) is 6.92 Å². The number of hydrogen-bond acceptors (Lipinski definition) is 3. The lowest BCUT2D eigenvalue weighted by atomic mass is 10.1. The maximum absolute atomic E-state index is 11.9. The van der Waals surface area contributed by atoms with Crippen LogP contribution in [0.2, 0.25) is 0 Å². The van der Waals surface area contributed by atoms with Crippen LogP contribution in [-0.2, 0) is 11.2 Å². The molecule has 2 aromatic rings. The molecule has 2 aromatic carbocycles. The Hall–Kier alpha value is -1.81. The van der Waals surface area contributed by atoms with Gasteiger partial charge in [0.2, 0.25) is 0 Å². The zero-order valence-corrected chi connectivity index (χ0v) is 13.6. The molecule has 0 aliphatic rings. The molecule has 0 N–H and O–H groups in total. The Labute approximate surface area is 133 Å². The highest BCUT2D eigenvalue weighted by molar-refractivity contribution is 9.10. The summed E-state index contributed by atoms with van der Waals surface area (Å²) in [6.07, 6.45) is 0.856. The van der Waals surface area contributed by atoms with E-state index < -0.39 is 5.97 Å². The predicted molar refractivity (Wildman–Crippen MR) is 85.8 cm³/mol. The molecule has 0 aromatic heterocycles. The summed E-state index contributed by atoms with van der Waals surface area (Å²) in [5.74, 6) is 0.795. The van der Waals surface area contributed by atoms with E-state index in [4.69, 9.17) is 9.47 Å². The van der Waals surface area contributed by atoms with E-state index in [9.17, 15) is 4.79 Å². The van der Waals surface area contributed by atoms with Gasteiger partial charge < -0.3 is 9.47 Å². The fourth-order valence-corrected chi connectivity index (χ4v) is 2.49. The van der Waals surface area contributed by atoms with Gasteiger partial charge in [0.25, 0.3) is 0 Å². The Kier molecular flexibility index (Phi) is 5.39. The number of rotatable bonds is 5. The number of esters is 1. The smallest absolute Gasteiger partial charge is 0.349 e. The first-order valence-corrected chi connectivity index (χ1v) is 7.57. The monoisotopic (exact) mass is 348 g/mol. The SMILES string of the molecule is CCc1ccccc1OCC(=O)Oc1ccc(C)cc1Br. The fourth-order valence-electron chi connectivity index (χ4n) is 1.91. The van der Waals surface area contributed by atoms with E-state index in [1.807, 2.05) is 50.2 Å². The van der Waals surface area contributed by atoms with Gasteiger partial charge in [-0.05, 0) is 58.6 Å². The van der Waals surface area contributed by atoms with Crippen LogP contribution in [0.5, 0.6) is 11.5 Å². The highest BCUT2D eigenvalue weighted by Gasteiger charge is 2.10. The van der Waals surface area contributed by atoms with Crippen molar-refractivity contribution < 1.29 is 14.3 Å². The van der Waals surface area contributed by atoms with Crippen LogP contribution in [0.4, 0.5) is 0 Å². The topological polar surface area (TPSA) is 35.5 Å². The lowest BCUT2D eigenvalue weighted by Gasteiger charge is -2.10. The number of carbonyl (C=O) groups excluding carboxylic acids is 1. The van der Waals surface area contributed by atoms with Crippen LogP contribution in [-0.4, -0.2) is 12.6 Å². The largest absolute Gasteiger partial charge is 0.482 e. The van der Waals surface area contributed by atoms with E-state index in [1.54, 1.807) is 6.07 Å². The summed E-state index contributed by atoms with van der Waals surface area (Å²) in [6.45, 7) is 3.91. The van der Waals surface area contributed by atoms with Crippen LogP contribution < -0.4 is 9.47 Å². The van der Waals surface area contributed by atoms with Gasteiger partial charge in [-0.2, -0.15) is 0 Å². The Balaban J connectivity index is 1.96. The van der Waals surface area contributed by atoms with Crippen LogP contribution in [0.1, 0.15) is 18.1 Å². The van der Waals surface area contributed by atoms with Crippen LogP contribution in [0.15, 0.2) is 46.9 Å². The molecule has 0 aliphatic carbocycles. The number of ether oxygens (including phenoxy) is 2. The second kappa shape index (κ2) is 7.27. The molecule has 0 spiro atoms. The van der Waals surface area contributed by atoms with Crippen molar-refractivity contribution in [1.29, 1.82) is 0 Å². The van der Waals surface area contributed by atoms with E-state index in [-0.39, 0.29) is 6.61 Å². The lowest BCUT2D eigenvalue weighted by Crippen LogP contribution is -2.18. The standard InChI is InChI=1S/C17H17BrO3/c1-3-13-6-4-5-7-15(13)20-11-17(19)21-16-9-8-12(2)10-14(16)18/h4-10H,3,11H2,1-2H3. The summed E-state index contributed by atoms with van der Waals surface area (Å²) in [6, 6.07) is 13.2. The highest BCUT2D eigenvalue weighted by atomic mass is 79.9. The van der Waals surface area contributed by atoms with Crippen LogP contribution in [0.3, 0.4) is 0 Å². The van der Waals surface area contributed by atoms with Crippen molar-refractivity contribution >= 4 is 21.9 Å². The first-order chi connectivity index (χ1) is 10.1. The Morgan fingerprint density at radius 2 is 1.90 bits per heavy atom. The number of hydrogen-bond donors (Lipinski definition) is 0. The normalized spacial score (nSPS) is 10.2. The van der Waals surface area contributed by atoms with Gasteiger partial charge in [0.15, 0.2) is 6.61 Å². The van der Waals surface area contributed by atoms with E-state index >= 15 is 0 Å². The van der Waals surface area contributed by atoms with Crippen LogP contribution in [0.25, 0.3) is 0 Å². The minimum atomic E-state index is -0.426. The molecule has 21 heavy (non-hydrogen) atoms. The second-order valence-corrected chi connectivity index (χ2v) is 5.51. The average Bonchev–Trinajstić information content (AvgIpc) is 2.48. The van der Waals surface area contributed by atoms with E-state index in [1.165, 1.54) is 0 Å². The molecule has 2 rings (SSSR count). The third-order valence-electron chi connectivity index (χ3n) is 3.01. The van der Waals surface area contributed by atoms with Crippen molar-refractivity contribution in [2.75, 3.05) is 6.61 Å². The molecule has 0 amide bonds. The van der Waals surface area contributed by atoms with Crippen molar-refractivity contribution in [3.8, 4) is 11.5 Å². The van der Waals surface area contributed by atoms with Gasteiger partial charge in [-0.25, -0.2) is 4.79 Å². The highest BCUT2D eigenvalue weighted by Crippen LogP contribution is 2.26. The van der Waals surface area contributed by atoms with Gasteiger partial charge in [0.05, 0.1) is 4.47 Å². The summed E-state index contributed by atoms with van der Waals surface area (Å²) in [7, 11) is 0. The first-order valence-electron chi connectivity index (χ1n) is 6.77. The number of para-hydroxylation sites is 1. The van der Waals surface area contributed by atoms with Crippen molar-refractivity contribution in [3.63, 3.8) is 0 Å². The van der Waals surface area contributed by atoms with Gasteiger partial charge >= 0.3 is 5.97 Å². The van der Waals surface area contributed by atoms with Gasteiger partial charge in [0, 0.05) is 0 Å². The average molecular weight is 349 g/mol. The molecule has 0 fully saturated rings. The molecule has 0 bridgehead atoms. The summed E-state index contributed by atoms with van der Waals surface area (Å²) in [5.41, 5.74) is 2.16.